The molecule has 6 nitrogen and oxygen atoms in total. The molecule has 0 saturated heterocycles. The molecule has 0 aromatic rings. The van der Waals surface area contributed by atoms with Gasteiger partial charge in [0.2, 0.25) is 5.60 Å². The maximum atomic E-state index is 11.1. The quantitative estimate of drug-likeness (QED) is 0.188. The van der Waals surface area contributed by atoms with Gasteiger partial charge < -0.3 is 9.84 Å². The van der Waals surface area contributed by atoms with Crippen LogP contribution in [0.3, 0.4) is 0 Å². The molecular weight excluding hydrogens is 176 g/mol. The summed E-state index contributed by atoms with van der Waals surface area (Å²) in [5, 5.41) is 10.0. The maximum absolute atomic E-state index is 11.1. The predicted molar refractivity (Wildman–Crippen MR) is 44.2 cm³/mol. The molecule has 0 aromatic carbocycles. The van der Waals surface area contributed by atoms with Gasteiger partial charge in [0.05, 0.1) is 6.61 Å². The van der Waals surface area contributed by atoms with E-state index < -0.39 is 17.5 Å². The van der Waals surface area contributed by atoms with Crippen molar-refractivity contribution in [2.75, 3.05) is 13.7 Å². The third-order valence-corrected chi connectivity index (χ3v) is 1.41. The zero-order valence-corrected chi connectivity index (χ0v) is 7.90. The minimum atomic E-state index is -2.21. The fraction of sp³-hybridized carbons (Fsp3) is 0.714. The van der Waals surface area contributed by atoms with Gasteiger partial charge in [-0.25, -0.2) is 10.6 Å². The van der Waals surface area contributed by atoms with Crippen molar-refractivity contribution < 1.29 is 19.4 Å². The van der Waals surface area contributed by atoms with Crippen LogP contribution in [-0.2, 0) is 14.3 Å². The van der Waals surface area contributed by atoms with Gasteiger partial charge in [-0.3, -0.25) is 9.80 Å². The van der Waals surface area contributed by atoms with Gasteiger partial charge in [0.1, 0.15) is 0 Å². The lowest BCUT2D eigenvalue weighted by molar-refractivity contribution is -0.173. The molecule has 0 bridgehead atoms. The first kappa shape index (κ1) is 11.9. The van der Waals surface area contributed by atoms with Crippen LogP contribution in [0.15, 0.2) is 0 Å². The Morgan fingerprint density at radius 3 is 2.38 bits per heavy atom. The number of hydrogen-bond acceptors (Lipinski definition) is 5. The first-order valence-corrected chi connectivity index (χ1v) is 3.76. The van der Waals surface area contributed by atoms with Crippen LogP contribution in [0.5, 0.6) is 0 Å². The van der Waals surface area contributed by atoms with Crippen LogP contribution in [-0.4, -0.2) is 41.2 Å². The number of aliphatic hydroxyl groups is 1. The summed E-state index contributed by atoms with van der Waals surface area (Å²) in [6, 6.07) is 0. The maximum Gasteiger partial charge on any atom is 0.347 e. The number of ether oxygens (including phenoxy) is 1. The van der Waals surface area contributed by atoms with Gasteiger partial charge >= 0.3 is 5.97 Å². The highest BCUT2D eigenvalue weighted by molar-refractivity contribution is 6.04. The van der Waals surface area contributed by atoms with Crippen LogP contribution in [0.2, 0.25) is 0 Å². The van der Waals surface area contributed by atoms with Crippen LogP contribution >= 0.6 is 0 Å². The molecule has 0 aliphatic rings. The Bertz CT molecular complexity index is 213. The van der Waals surface area contributed by atoms with E-state index in [4.69, 9.17) is 5.84 Å². The average molecular weight is 190 g/mol. The molecule has 0 aliphatic carbocycles. The van der Waals surface area contributed by atoms with E-state index in [2.05, 4.69) is 4.74 Å². The molecule has 1 amide bonds. The fourth-order valence-electron chi connectivity index (χ4n) is 0.702. The number of carbonyl (C=O) groups excluding carboxylic acids is 2. The van der Waals surface area contributed by atoms with E-state index in [9.17, 15) is 14.7 Å². The van der Waals surface area contributed by atoms with Gasteiger partial charge in [-0.2, -0.15) is 0 Å². The molecule has 0 unspecified atom stereocenters. The van der Waals surface area contributed by atoms with Crippen molar-refractivity contribution in [3.63, 3.8) is 0 Å². The number of nitrogens with two attached hydrogens (primary N) is 1. The molecule has 1 atom stereocenters. The Hall–Kier alpha value is -1.14. The first-order valence-electron chi connectivity index (χ1n) is 3.76. The third kappa shape index (κ3) is 2.67. The summed E-state index contributed by atoms with van der Waals surface area (Å²) < 4.78 is 4.49. The van der Waals surface area contributed by atoms with Crippen LogP contribution < -0.4 is 5.84 Å². The second kappa shape index (κ2) is 4.20. The number of likely N-dealkylation sites (N-methyl/N-ethyl adjacent to an activating group) is 1. The van der Waals surface area contributed by atoms with Crippen molar-refractivity contribution in [1.29, 1.82) is 0 Å². The van der Waals surface area contributed by atoms with Crippen molar-refractivity contribution in [3.05, 3.63) is 0 Å². The number of nitrogens with zero attached hydrogens (tertiary/aromatic N) is 1. The topological polar surface area (TPSA) is 92.9 Å². The standard InChI is InChI=1S/C7H14N2O4/c1-4-13-6(11)7(2,12)5(10)9(3)8/h12H,4,8H2,1-3H3/t7-/m1/s1. The SMILES string of the molecule is CCOC(=O)[C@](C)(O)C(=O)N(C)N. The Morgan fingerprint density at radius 2 is 2.08 bits per heavy atom. The predicted octanol–water partition coefficient (Wildman–Crippen LogP) is -1.37. The van der Waals surface area contributed by atoms with E-state index in [1.165, 1.54) is 7.05 Å². The number of hydrogen-bond donors (Lipinski definition) is 2. The Labute approximate surface area is 76.2 Å². The molecule has 6 heteroatoms. The van der Waals surface area contributed by atoms with Crippen LogP contribution in [0.25, 0.3) is 0 Å². The number of hydrazine groups is 1. The van der Waals surface area contributed by atoms with Crippen LogP contribution in [0.4, 0.5) is 0 Å². The molecule has 3 N–H and O–H groups in total. The van der Waals surface area contributed by atoms with Crippen molar-refractivity contribution in [2.24, 2.45) is 5.84 Å². The lowest BCUT2D eigenvalue weighted by atomic mass is 10.1. The Balaban J connectivity index is 4.55. The summed E-state index contributed by atoms with van der Waals surface area (Å²) >= 11 is 0. The molecule has 0 rings (SSSR count). The van der Waals surface area contributed by atoms with Crippen molar-refractivity contribution in [1.82, 2.24) is 5.01 Å². The van der Waals surface area contributed by atoms with E-state index in [0.717, 1.165) is 6.92 Å². The van der Waals surface area contributed by atoms with Crippen molar-refractivity contribution in [2.45, 2.75) is 19.4 Å². The van der Waals surface area contributed by atoms with Crippen molar-refractivity contribution >= 4 is 11.9 Å². The average Bonchev–Trinajstić information content (AvgIpc) is 2.03. The number of amides is 1. The summed E-state index contributed by atoms with van der Waals surface area (Å²) in [6.07, 6.45) is 0. The largest absolute Gasteiger partial charge is 0.463 e. The van der Waals surface area contributed by atoms with Gasteiger partial charge in [-0.05, 0) is 13.8 Å². The Kier molecular flexibility index (Phi) is 3.83. The third-order valence-electron chi connectivity index (χ3n) is 1.41. The highest BCUT2D eigenvalue weighted by atomic mass is 16.5. The summed E-state index contributed by atoms with van der Waals surface area (Å²) in [4.78, 5) is 22.2. The monoisotopic (exact) mass is 190 g/mol. The second-order valence-electron chi connectivity index (χ2n) is 2.71. The van der Waals surface area contributed by atoms with E-state index >= 15 is 0 Å². The molecule has 0 radical (unpaired) electrons. The molecule has 76 valence electrons. The molecule has 0 heterocycles. The summed E-state index contributed by atoms with van der Waals surface area (Å²) in [7, 11) is 1.23. The highest BCUT2D eigenvalue weighted by Crippen LogP contribution is 2.08. The lowest BCUT2D eigenvalue weighted by Gasteiger charge is -2.22. The normalized spacial score (nSPS) is 14.5. The van der Waals surface area contributed by atoms with Crippen LogP contribution in [0, 0.1) is 0 Å². The zero-order valence-electron chi connectivity index (χ0n) is 7.90. The van der Waals surface area contributed by atoms with Gasteiger partial charge in [0, 0.05) is 7.05 Å². The minimum Gasteiger partial charge on any atom is -0.463 e. The van der Waals surface area contributed by atoms with Gasteiger partial charge in [-0.15, -0.1) is 0 Å². The first-order chi connectivity index (χ1) is 5.84. The van der Waals surface area contributed by atoms with E-state index in [-0.39, 0.29) is 6.61 Å². The molecular formula is C7H14N2O4. The summed E-state index contributed by atoms with van der Waals surface area (Å²) in [6.45, 7) is 2.71. The van der Waals surface area contributed by atoms with E-state index in [1.807, 2.05) is 0 Å². The molecule has 0 saturated carbocycles. The second-order valence-corrected chi connectivity index (χ2v) is 2.71. The molecule has 0 spiro atoms. The van der Waals surface area contributed by atoms with Gasteiger partial charge in [-0.1, -0.05) is 0 Å². The number of carbonyl (C=O) groups is 2. The summed E-state index contributed by atoms with van der Waals surface area (Å²) in [5.74, 6) is 3.16. The zero-order chi connectivity index (χ0) is 10.6. The summed E-state index contributed by atoms with van der Waals surface area (Å²) in [5.41, 5.74) is -2.21. The number of esters is 1. The van der Waals surface area contributed by atoms with E-state index in [0.29, 0.717) is 5.01 Å². The Morgan fingerprint density at radius 1 is 1.62 bits per heavy atom. The van der Waals surface area contributed by atoms with E-state index in [1.54, 1.807) is 6.92 Å². The van der Waals surface area contributed by atoms with Crippen LogP contribution in [0.1, 0.15) is 13.8 Å². The minimum absolute atomic E-state index is 0.0938. The lowest BCUT2D eigenvalue weighted by Crippen LogP contribution is -2.53. The van der Waals surface area contributed by atoms with Gasteiger partial charge in [0.15, 0.2) is 0 Å². The fourth-order valence-corrected chi connectivity index (χ4v) is 0.702. The van der Waals surface area contributed by atoms with Gasteiger partial charge in [0.25, 0.3) is 5.91 Å². The molecule has 0 fully saturated rings. The molecule has 0 aliphatic heterocycles. The van der Waals surface area contributed by atoms with Crippen molar-refractivity contribution in [3.8, 4) is 0 Å². The smallest absolute Gasteiger partial charge is 0.347 e. The molecule has 0 aromatic heterocycles. The highest BCUT2D eigenvalue weighted by Gasteiger charge is 2.41. The molecule has 13 heavy (non-hydrogen) atoms. The number of rotatable bonds is 3.